The van der Waals surface area contributed by atoms with Crippen LogP contribution in [0.25, 0.3) is 10.8 Å². The van der Waals surface area contributed by atoms with Crippen LogP contribution in [-0.2, 0) is 14.4 Å². The molecule has 0 aromatic heterocycles. The lowest BCUT2D eigenvalue weighted by atomic mass is 10.1. The van der Waals surface area contributed by atoms with Gasteiger partial charge in [-0.3, -0.25) is 14.4 Å². The molecule has 1 N–H and O–H groups in total. The first-order valence-corrected chi connectivity index (χ1v) is 9.89. The number of nitrogens with one attached hydrogen (secondary N) is 1. The normalized spacial score (nSPS) is 14.3. The maximum Gasteiger partial charge on any atom is 0.316 e. The van der Waals surface area contributed by atoms with E-state index in [1.54, 1.807) is 0 Å². The van der Waals surface area contributed by atoms with Gasteiger partial charge in [0, 0.05) is 24.2 Å². The Labute approximate surface area is 175 Å². The van der Waals surface area contributed by atoms with Crippen LogP contribution in [0.1, 0.15) is 11.1 Å². The minimum absolute atomic E-state index is 0.152. The van der Waals surface area contributed by atoms with Crippen molar-refractivity contribution in [1.29, 1.82) is 0 Å². The van der Waals surface area contributed by atoms with Gasteiger partial charge < -0.3 is 15.1 Å². The molecular formula is C24H23N3O3. The number of carbonyl (C=O) groups is 3. The standard InChI is InChI=1S/C24H23N3O3/c1-16-10-11-19(14-17(16)2)25-22(28)15-26-12-13-27(24(30)23(26)29)21-9-5-7-18-6-3-4-8-20(18)21/h3-11,14H,12-13,15H2,1-2H3,(H,25,28). The van der Waals surface area contributed by atoms with Gasteiger partial charge in [-0.05, 0) is 48.6 Å². The number of hydrogen-bond donors (Lipinski definition) is 1. The highest BCUT2D eigenvalue weighted by atomic mass is 16.2. The van der Waals surface area contributed by atoms with Crippen molar-refractivity contribution in [3.63, 3.8) is 0 Å². The Morgan fingerprint density at radius 2 is 1.67 bits per heavy atom. The lowest BCUT2D eigenvalue weighted by molar-refractivity contribution is -0.147. The molecular weight excluding hydrogens is 378 g/mol. The van der Waals surface area contributed by atoms with Crippen molar-refractivity contribution in [2.75, 3.05) is 29.9 Å². The second-order valence-corrected chi connectivity index (χ2v) is 7.53. The molecule has 1 heterocycles. The summed E-state index contributed by atoms with van der Waals surface area (Å²) in [7, 11) is 0. The van der Waals surface area contributed by atoms with Gasteiger partial charge in [-0.15, -0.1) is 0 Å². The summed E-state index contributed by atoms with van der Waals surface area (Å²) >= 11 is 0. The minimum atomic E-state index is -0.663. The van der Waals surface area contributed by atoms with Gasteiger partial charge in [-0.25, -0.2) is 0 Å². The molecule has 0 saturated carbocycles. The molecule has 152 valence electrons. The average Bonchev–Trinajstić information content (AvgIpc) is 2.74. The Kier molecular flexibility index (Phi) is 5.23. The van der Waals surface area contributed by atoms with E-state index in [9.17, 15) is 14.4 Å². The SMILES string of the molecule is Cc1ccc(NC(=O)CN2CCN(c3cccc4ccccc34)C(=O)C2=O)cc1C. The molecule has 0 atom stereocenters. The van der Waals surface area contributed by atoms with Crippen LogP contribution in [0.5, 0.6) is 0 Å². The molecule has 1 saturated heterocycles. The molecule has 0 bridgehead atoms. The molecule has 6 nitrogen and oxygen atoms in total. The zero-order valence-electron chi connectivity index (χ0n) is 17.0. The number of aryl methyl sites for hydroxylation is 2. The summed E-state index contributed by atoms with van der Waals surface area (Å²) < 4.78 is 0. The fraction of sp³-hybridized carbons (Fsp3) is 0.208. The van der Waals surface area contributed by atoms with E-state index >= 15 is 0 Å². The zero-order valence-corrected chi connectivity index (χ0v) is 17.0. The molecule has 0 unspecified atom stereocenters. The largest absolute Gasteiger partial charge is 0.325 e. The van der Waals surface area contributed by atoms with Gasteiger partial charge in [0.2, 0.25) is 5.91 Å². The predicted molar refractivity (Wildman–Crippen MR) is 117 cm³/mol. The molecule has 3 aromatic rings. The molecule has 0 aliphatic carbocycles. The summed E-state index contributed by atoms with van der Waals surface area (Å²) in [6, 6.07) is 19.1. The van der Waals surface area contributed by atoms with Crippen molar-refractivity contribution in [3.8, 4) is 0 Å². The van der Waals surface area contributed by atoms with Gasteiger partial charge in [-0.2, -0.15) is 0 Å². The third kappa shape index (κ3) is 3.76. The third-order valence-electron chi connectivity index (χ3n) is 5.49. The van der Waals surface area contributed by atoms with E-state index in [0.29, 0.717) is 24.5 Å². The number of fused-ring (bicyclic) bond motifs is 1. The summed E-state index contributed by atoms with van der Waals surface area (Å²) in [5, 5.41) is 4.73. The number of rotatable bonds is 4. The van der Waals surface area contributed by atoms with Crippen molar-refractivity contribution in [1.82, 2.24) is 4.90 Å². The van der Waals surface area contributed by atoms with Crippen molar-refractivity contribution < 1.29 is 14.4 Å². The van der Waals surface area contributed by atoms with Crippen LogP contribution in [0, 0.1) is 13.8 Å². The molecule has 1 fully saturated rings. The first kappa shape index (κ1) is 19.6. The van der Waals surface area contributed by atoms with Gasteiger partial charge in [-0.1, -0.05) is 42.5 Å². The molecule has 0 spiro atoms. The molecule has 0 radical (unpaired) electrons. The van der Waals surface area contributed by atoms with Crippen LogP contribution in [0.3, 0.4) is 0 Å². The van der Waals surface area contributed by atoms with Crippen molar-refractivity contribution in [3.05, 3.63) is 71.8 Å². The van der Waals surface area contributed by atoms with Crippen LogP contribution in [0.15, 0.2) is 60.7 Å². The van der Waals surface area contributed by atoms with Crippen LogP contribution in [0.4, 0.5) is 11.4 Å². The Morgan fingerprint density at radius 3 is 2.47 bits per heavy atom. The van der Waals surface area contributed by atoms with Crippen LogP contribution >= 0.6 is 0 Å². The lowest BCUT2D eigenvalue weighted by Gasteiger charge is -2.34. The Balaban J connectivity index is 1.46. The van der Waals surface area contributed by atoms with Crippen molar-refractivity contribution in [2.24, 2.45) is 0 Å². The maximum absolute atomic E-state index is 12.8. The van der Waals surface area contributed by atoms with E-state index in [2.05, 4.69) is 5.32 Å². The highest BCUT2D eigenvalue weighted by Crippen LogP contribution is 2.28. The van der Waals surface area contributed by atoms with E-state index in [1.165, 1.54) is 9.80 Å². The van der Waals surface area contributed by atoms with Gasteiger partial charge in [0.1, 0.15) is 6.54 Å². The molecule has 3 amide bonds. The molecule has 6 heteroatoms. The number of nitrogens with zero attached hydrogens (tertiary/aromatic N) is 2. The number of carbonyl (C=O) groups excluding carboxylic acids is 3. The smallest absolute Gasteiger partial charge is 0.316 e. The fourth-order valence-corrected chi connectivity index (χ4v) is 3.69. The summed E-state index contributed by atoms with van der Waals surface area (Å²) in [4.78, 5) is 40.7. The summed E-state index contributed by atoms with van der Waals surface area (Å²) in [5.74, 6) is -1.60. The predicted octanol–water partition coefficient (Wildman–Crippen LogP) is 3.27. The molecule has 30 heavy (non-hydrogen) atoms. The number of anilines is 2. The second-order valence-electron chi connectivity index (χ2n) is 7.53. The van der Waals surface area contributed by atoms with E-state index in [4.69, 9.17) is 0 Å². The van der Waals surface area contributed by atoms with Crippen LogP contribution < -0.4 is 10.2 Å². The van der Waals surface area contributed by atoms with E-state index in [-0.39, 0.29) is 12.5 Å². The summed E-state index contributed by atoms with van der Waals surface area (Å²) in [6.07, 6.45) is 0. The quantitative estimate of drug-likeness (QED) is 0.682. The Hall–Kier alpha value is -3.67. The molecule has 1 aliphatic heterocycles. The van der Waals surface area contributed by atoms with Gasteiger partial charge in [0.25, 0.3) is 0 Å². The molecule has 1 aliphatic rings. The summed E-state index contributed by atoms with van der Waals surface area (Å²) in [5.41, 5.74) is 3.60. The lowest BCUT2D eigenvalue weighted by Crippen LogP contribution is -2.56. The highest BCUT2D eigenvalue weighted by molar-refractivity contribution is 6.41. The Bertz CT molecular complexity index is 1150. The van der Waals surface area contributed by atoms with E-state index < -0.39 is 11.8 Å². The van der Waals surface area contributed by atoms with Gasteiger partial charge in [0.05, 0.1) is 5.69 Å². The van der Waals surface area contributed by atoms with Gasteiger partial charge >= 0.3 is 11.8 Å². The summed E-state index contributed by atoms with van der Waals surface area (Å²) in [6.45, 7) is 4.46. The minimum Gasteiger partial charge on any atom is -0.325 e. The van der Waals surface area contributed by atoms with E-state index in [0.717, 1.165) is 21.9 Å². The van der Waals surface area contributed by atoms with Gasteiger partial charge in [0.15, 0.2) is 0 Å². The average molecular weight is 401 g/mol. The Morgan fingerprint density at radius 1 is 0.900 bits per heavy atom. The number of benzene rings is 3. The second kappa shape index (κ2) is 7.99. The first-order valence-electron chi connectivity index (χ1n) is 9.89. The fourth-order valence-electron chi connectivity index (χ4n) is 3.69. The maximum atomic E-state index is 12.8. The third-order valence-corrected chi connectivity index (χ3v) is 5.49. The highest BCUT2D eigenvalue weighted by Gasteiger charge is 2.34. The number of amides is 3. The molecule has 4 rings (SSSR count). The first-order chi connectivity index (χ1) is 14.4. The molecule has 3 aromatic carbocycles. The van der Waals surface area contributed by atoms with Crippen molar-refractivity contribution >= 4 is 39.9 Å². The number of piperazine rings is 1. The monoisotopic (exact) mass is 401 g/mol. The number of hydrogen-bond acceptors (Lipinski definition) is 3. The zero-order chi connectivity index (χ0) is 21.3. The van der Waals surface area contributed by atoms with E-state index in [1.807, 2.05) is 74.5 Å². The van der Waals surface area contributed by atoms with Crippen LogP contribution in [-0.4, -0.2) is 42.3 Å². The van der Waals surface area contributed by atoms with Crippen molar-refractivity contribution in [2.45, 2.75) is 13.8 Å². The van der Waals surface area contributed by atoms with Crippen LogP contribution in [0.2, 0.25) is 0 Å². The topological polar surface area (TPSA) is 69.7 Å².